The number of nitrogens with zero attached hydrogens (tertiary/aromatic N) is 1. The maximum atomic E-state index is 6.03. The van der Waals surface area contributed by atoms with E-state index >= 15 is 0 Å². The molecule has 2 rings (SSSR count). The van der Waals surface area contributed by atoms with Gasteiger partial charge in [-0.2, -0.15) is 0 Å². The van der Waals surface area contributed by atoms with Gasteiger partial charge in [0.2, 0.25) is 0 Å². The van der Waals surface area contributed by atoms with Crippen LogP contribution >= 0.6 is 35.6 Å². The summed E-state index contributed by atoms with van der Waals surface area (Å²) in [4.78, 5) is 2.36. The van der Waals surface area contributed by atoms with Crippen LogP contribution in [0.2, 0.25) is 10.0 Å². The van der Waals surface area contributed by atoms with Gasteiger partial charge in [-0.1, -0.05) is 29.3 Å². The van der Waals surface area contributed by atoms with Crippen molar-refractivity contribution in [2.45, 2.75) is 18.9 Å². The summed E-state index contributed by atoms with van der Waals surface area (Å²) in [5.74, 6) is 0.578. The minimum atomic E-state index is 0. The standard InChI is InChI=1S/C13H18Cl2N2O.ClH/c14-11-2-1-3-12(15)13(11)18-9-8-17-6-4-10(16)5-7-17;/h1-3,10H,4-9,16H2;1H. The van der Waals surface area contributed by atoms with E-state index in [4.69, 9.17) is 33.7 Å². The van der Waals surface area contributed by atoms with Crippen LogP contribution in [-0.2, 0) is 0 Å². The van der Waals surface area contributed by atoms with Gasteiger partial charge in [0.15, 0.2) is 5.75 Å². The molecule has 0 unspecified atom stereocenters. The monoisotopic (exact) mass is 324 g/mol. The van der Waals surface area contributed by atoms with E-state index in [1.165, 1.54) is 0 Å². The van der Waals surface area contributed by atoms with Crippen molar-refractivity contribution in [3.8, 4) is 5.75 Å². The lowest BCUT2D eigenvalue weighted by Crippen LogP contribution is -2.41. The van der Waals surface area contributed by atoms with Crippen molar-refractivity contribution < 1.29 is 4.74 Å². The Hall–Kier alpha value is -0.190. The van der Waals surface area contributed by atoms with Crippen molar-refractivity contribution in [1.82, 2.24) is 4.90 Å². The van der Waals surface area contributed by atoms with E-state index in [1.54, 1.807) is 12.1 Å². The van der Waals surface area contributed by atoms with Gasteiger partial charge in [-0.3, -0.25) is 4.90 Å². The first-order valence-corrected chi connectivity index (χ1v) is 6.97. The van der Waals surface area contributed by atoms with Gasteiger partial charge in [0.05, 0.1) is 10.0 Å². The first-order chi connectivity index (χ1) is 8.66. The fraction of sp³-hybridized carbons (Fsp3) is 0.538. The molecule has 1 aliphatic rings. The highest BCUT2D eigenvalue weighted by Gasteiger charge is 2.15. The highest BCUT2D eigenvalue weighted by atomic mass is 35.5. The number of rotatable bonds is 4. The van der Waals surface area contributed by atoms with Crippen LogP contribution in [0, 0.1) is 0 Å². The Morgan fingerprint density at radius 3 is 2.37 bits per heavy atom. The maximum Gasteiger partial charge on any atom is 0.156 e. The van der Waals surface area contributed by atoms with Crippen molar-refractivity contribution in [1.29, 1.82) is 0 Å². The SMILES string of the molecule is Cl.NC1CCN(CCOc2c(Cl)cccc2Cl)CC1. The Labute approximate surface area is 130 Å². The van der Waals surface area contributed by atoms with Crippen molar-refractivity contribution >= 4 is 35.6 Å². The molecule has 2 N–H and O–H groups in total. The topological polar surface area (TPSA) is 38.5 Å². The molecule has 1 aromatic rings. The Morgan fingerprint density at radius 1 is 1.21 bits per heavy atom. The number of halogens is 3. The number of hydrogen-bond acceptors (Lipinski definition) is 3. The number of ether oxygens (including phenoxy) is 1. The van der Waals surface area contributed by atoms with E-state index in [9.17, 15) is 0 Å². The number of nitrogens with two attached hydrogens (primary N) is 1. The van der Waals surface area contributed by atoms with Crippen LogP contribution in [0.25, 0.3) is 0 Å². The van der Waals surface area contributed by atoms with Crippen LogP contribution in [-0.4, -0.2) is 37.2 Å². The molecule has 0 bridgehead atoms. The molecule has 108 valence electrons. The molecule has 3 nitrogen and oxygen atoms in total. The second kappa shape index (κ2) is 8.18. The molecule has 0 atom stereocenters. The van der Waals surface area contributed by atoms with Gasteiger partial charge in [-0.05, 0) is 38.1 Å². The van der Waals surface area contributed by atoms with Crippen molar-refractivity contribution in [3.05, 3.63) is 28.2 Å². The van der Waals surface area contributed by atoms with E-state index in [-0.39, 0.29) is 12.4 Å². The number of para-hydroxylation sites is 1. The molecule has 19 heavy (non-hydrogen) atoms. The zero-order valence-corrected chi connectivity index (χ0v) is 13.0. The lowest BCUT2D eigenvalue weighted by atomic mass is 10.1. The average Bonchev–Trinajstić information content (AvgIpc) is 2.35. The van der Waals surface area contributed by atoms with Gasteiger partial charge in [-0.15, -0.1) is 12.4 Å². The first-order valence-electron chi connectivity index (χ1n) is 6.21. The third-order valence-corrected chi connectivity index (χ3v) is 3.80. The molecule has 0 aliphatic carbocycles. The minimum absolute atomic E-state index is 0. The normalized spacial score (nSPS) is 17.0. The summed E-state index contributed by atoms with van der Waals surface area (Å²) in [5, 5.41) is 1.12. The van der Waals surface area contributed by atoms with Gasteiger partial charge in [0.25, 0.3) is 0 Å². The van der Waals surface area contributed by atoms with E-state index < -0.39 is 0 Å². The molecule has 0 saturated carbocycles. The molecule has 1 saturated heterocycles. The number of benzene rings is 1. The van der Waals surface area contributed by atoms with Gasteiger partial charge in [-0.25, -0.2) is 0 Å². The van der Waals surface area contributed by atoms with Crippen LogP contribution in [0.4, 0.5) is 0 Å². The van der Waals surface area contributed by atoms with Crippen LogP contribution in [0.15, 0.2) is 18.2 Å². The molecule has 1 heterocycles. The Kier molecular flexibility index (Phi) is 7.26. The van der Waals surface area contributed by atoms with E-state index in [2.05, 4.69) is 4.90 Å². The second-order valence-corrected chi connectivity index (χ2v) is 5.39. The highest BCUT2D eigenvalue weighted by Crippen LogP contribution is 2.32. The zero-order valence-electron chi connectivity index (χ0n) is 10.6. The van der Waals surface area contributed by atoms with Crippen LogP contribution in [0.3, 0.4) is 0 Å². The number of likely N-dealkylation sites (tertiary alicyclic amines) is 1. The summed E-state index contributed by atoms with van der Waals surface area (Å²) in [5.41, 5.74) is 5.86. The summed E-state index contributed by atoms with van der Waals surface area (Å²) in [6.07, 6.45) is 2.12. The molecular formula is C13H19Cl3N2O. The number of piperidine rings is 1. The predicted molar refractivity (Wildman–Crippen MR) is 82.9 cm³/mol. The molecule has 0 spiro atoms. The molecule has 6 heteroatoms. The van der Waals surface area contributed by atoms with E-state index in [1.807, 2.05) is 6.07 Å². The largest absolute Gasteiger partial charge is 0.489 e. The molecule has 0 aromatic heterocycles. The minimum Gasteiger partial charge on any atom is -0.489 e. The zero-order chi connectivity index (χ0) is 13.0. The van der Waals surface area contributed by atoms with Crippen molar-refractivity contribution in [2.75, 3.05) is 26.2 Å². The van der Waals surface area contributed by atoms with Crippen LogP contribution in [0.1, 0.15) is 12.8 Å². The van der Waals surface area contributed by atoms with Gasteiger partial charge in [0.1, 0.15) is 6.61 Å². The molecule has 1 aliphatic heterocycles. The Morgan fingerprint density at radius 2 is 1.79 bits per heavy atom. The molecular weight excluding hydrogens is 307 g/mol. The smallest absolute Gasteiger partial charge is 0.156 e. The van der Waals surface area contributed by atoms with Gasteiger partial charge >= 0.3 is 0 Å². The van der Waals surface area contributed by atoms with Crippen LogP contribution < -0.4 is 10.5 Å². The van der Waals surface area contributed by atoms with E-state index in [0.29, 0.717) is 28.4 Å². The second-order valence-electron chi connectivity index (χ2n) is 4.58. The number of hydrogen-bond donors (Lipinski definition) is 1. The lowest BCUT2D eigenvalue weighted by molar-refractivity contribution is 0.174. The molecule has 0 amide bonds. The highest BCUT2D eigenvalue weighted by molar-refractivity contribution is 6.37. The van der Waals surface area contributed by atoms with Crippen molar-refractivity contribution in [2.24, 2.45) is 5.73 Å². The predicted octanol–water partition coefficient (Wildman–Crippen LogP) is 3.22. The molecule has 0 radical (unpaired) electrons. The summed E-state index contributed by atoms with van der Waals surface area (Å²) < 4.78 is 5.66. The van der Waals surface area contributed by atoms with Crippen LogP contribution in [0.5, 0.6) is 5.75 Å². The Bertz CT molecular complexity index is 375. The van der Waals surface area contributed by atoms with E-state index in [0.717, 1.165) is 32.5 Å². The maximum absolute atomic E-state index is 6.03. The van der Waals surface area contributed by atoms with Gasteiger partial charge in [0, 0.05) is 12.6 Å². The summed E-state index contributed by atoms with van der Waals surface area (Å²) in [6.45, 7) is 3.56. The summed E-state index contributed by atoms with van der Waals surface area (Å²) >= 11 is 12.1. The fourth-order valence-electron chi connectivity index (χ4n) is 2.07. The average molecular weight is 326 g/mol. The third-order valence-electron chi connectivity index (χ3n) is 3.21. The van der Waals surface area contributed by atoms with Crippen molar-refractivity contribution in [3.63, 3.8) is 0 Å². The first kappa shape index (κ1) is 16.9. The molecule has 1 aromatic carbocycles. The molecule has 1 fully saturated rings. The summed E-state index contributed by atoms with van der Waals surface area (Å²) in [7, 11) is 0. The third kappa shape index (κ3) is 5.01. The van der Waals surface area contributed by atoms with Gasteiger partial charge < -0.3 is 10.5 Å². The lowest BCUT2D eigenvalue weighted by Gasteiger charge is -2.29. The fourth-order valence-corrected chi connectivity index (χ4v) is 2.58. The quantitative estimate of drug-likeness (QED) is 0.924. The Balaban J connectivity index is 0.00000180. The summed E-state index contributed by atoms with van der Waals surface area (Å²) in [6, 6.07) is 5.73.